The predicted octanol–water partition coefficient (Wildman–Crippen LogP) is 3.38. The second-order valence-corrected chi connectivity index (χ2v) is 6.30. The maximum absolute atomic E-state index is 12.4. The van der Waals surface area contributed by atoms with Crippen LogP contribution in [-0.4, -0.2) is 36.2 Å². The van der Waals surface area contributed by atoms with Gasteiger partial charge in [-0.1, -0.05) is 44.2 Å². The average molecular weight is 319 g/mol. The molecular formula is C18H25NO4. The highest BCUT2D eigenvalue weighted by molar-refractivity contribution is 5.82. The summed E-state index contributed by atoms with van der Waals surface area (Å²) >= 11 is 0. The Morgan fingerprint density at radius 1 is 1.22 bits per heavy atom. The summed E-state index contributed by atoms with van der Waals surface area (Å²) in [4.78, 5) is 26.1. The van der Waals surface area contributed by atoms with E-state index in [1.54, 1.807) is 6.92 Å². The smallest absolute Gasteiger partial charge is 0.410 e. The van der Waals surface area contributed by atoms with Gasteiger partial charge in [0.2, 0.25) is 0 Å². The zero-order valence-electron chi connectivity index (χ0n) is 14.1. The van der Waals surface area contributed by atoms with Gasteiger partial charge in [0.25, 0.3) is 0 Å². The summed E-state index contributed by atoms with van der Waals surface area (Å²) in [5.74, 6) is -0.346. The molecule has 5 nitrogen and oxygen atoms in total. The molecule has 23 heavy (non-hydrogen) atoms. The molecule has 0 radical (unpaired) electrons. The van der Waals surface area contributed by atoms with E-state index in [1.807, 2.05) is 30.3 Å². The Kier molecular flexibility index (Phi) is 5.64. The second kappa shape index (κ2) is 7.49. The molecule has 0 bridgehead atoms. The minimum atomic E-state index is -0.553. The van der Waals surface area contributed by atoms with Gasteiger partial charge in [-0.05, 0) is 30.7 Å². The topological polar surface area (TPSA) is 55.8 Å². The van der Waals surface area contributed by atoms with Crippen LogP contribution in [0.2, 0.25) is 0 Å². The lowest BCUT2D eigenvalue weighted by atomic mass is 9.85. The molecule has 2 atom stereocenters. The molecule has 1 aromatic carbocycles. The normalized spacial score (nSPS) is 23.6. The molecular weight excluding hydrogens is 294 g/mol. The van der Waals surface area contributed by atoms with Crippen molar-refractivity contribution in [2.75, 3.05) is 13.2 Å². The third-order valence-corrected chi connectivity index (χ3v) is 4.47. The Morgan fingerprint density at radius 2 is 1.91 bits per heavy atom. The maximum atomic E-state index is 12.4. The number of esters is 1. The van der Waals surface area contributed by atoms with Crippen LogP contribution in [-0.2, 0) is 20.9 Å². The second-order valence-electron chi connectivity index (χ2n) is 6.30. The van der Waals surface area contributed by atoms with Crippen molar-refractivity contribution >= 4 is 12.1 Å². The van der Waals surface area contributed by atoms with Crippen molar-refractivity contribution in [2.45, 2.75) is 46.3 Å². The molecule has 1 aliphatic heterocycles. The van der Waals surface area contributed by atoms with Crippen molar-refractivity contribution in [3.8, 4) is 0 Å². The fourth-order valence-electron chi connectivity index (χ4n) is 2.86. The summed E-state index contributed by atoms with van der Waals surface area (Å²) < 4.78 is 10.5. The van der Waals surface area contributed by atoms with Gasteiger partial charge in [-0.2, -0.15) is 0 Å². The molecule has 2 rings (SSSR count). The van der Waals surface area contributed by atoms with Crippen LogP contribution in [0.1, 0.15) is 39.2 Å². The largest absolute Gasteiger partial charge is 0.464 e. The van der Waals surface area contributed by atoms with Gasteiger partial charge < -0.3 is 9.47 Å². The molecule has 0 aliphatic carbocycles. The fraction of sp³-hybridized carbons (Fsp3) is 0.556. The van der Waals surface area contributed by atoms with Crippen molar-refractivity contribution in [3.63, 3.8) is 0 Å². The Bertz CT molecular complexity index is 545. The molecule has 5 heteroatoms. The van der Waals surface area contributed by atoms with Crippen molar-refractivity contribution in [2.24, 2.45) is 5.41 Å². The Balaban J connectivity index is 2.04. The lowest BCUT2D eigenvalue weighted by Gasteiger charge is -2.23. The van der Waals surface area contributed by atoms with Crippen LogP contribution in [0.4, 0.5) is 4.79 Å². The summed E-state index contributed by atoms with van der Waals surface area (Å²) in [5.41, 5.74) is 0.842. The van der Waals surface area contributed by atoms with Gasteiger partial charge in [0.1, 0.15) is 12.6 Å². The van der Waals surface area contributed by atoms with Crippen LogP contribution >= 0.6 is 0 Å². The van der Waals surface area contributed by atoms with E-state index in [0.717, 1.165) is 12.0 Å². The van der Waals surface area contributed by atoms with Gasteiger partial charge in [-0.15, -0.1) is 0 Å². The van der Waals surface area contributed by atoms with E-state index in [4.69, 9.17) is 9.47 Å². The monoisotopic (exact) mass is 319 g/mol. The standard InChI is InChI=1S/C18H25NO4/c1-4-18(3)11-15(16(20)22-5-2)19(13-18)17(21)23-12-14-9-7-6-8-10-14/h6-10,15H,4-5,11-13H2,1-3H3. The van der Waals surface area contributed by atoms with Crippen molar-refractivity contribution in [3.05, 3.63) is 35.9 Å². The molecule has 0 N–H and O–H groups in total. The molecule has 1 heterocycles. The number of likely N-dealkylation sites (tertiary alicyclic amines) is 1. The van der Waals surface area contributed by atoms with E-state index >= 15 is 0 Å². The highest BCUT2D eigenvalue weighted by atomic mass is 16.6. The van der Waals surface area contributed by atoms with Crippen molar-refractivity contribution in [1.29, 1.82) is 0 Å². The van der Waals surface area contributed by atoms with Gasteiger partial charge in [0.15, 0.2) is 0 Å². The average Bonchev–Trinajstić information content (AvgIpc) is 2.93. The first kappa shape index (κ1) is 17.3. The molecule has 1 saturated heterocycles. The summed E-state index contributed by atoms with van der Waals surface area (Å²) in [7, 11) is 0. The molecule has 1 amide bonds. The minimum Gasteiger partial charge on any atom is -0.464 e. The number of carbonyl (C=O) groups excluding carboxylic acids is 2. The summed E-state index contributed by atoms with van der Waals surface area (Å²) in [6, 6.07) is 8.95. The highest BCUT2D eigenvalue weighted by Gasteiger charge is 2.46. The van der Waals surface area contributed by atoms with Crippen LogP contribution in [0.25, 0.3) is 0 Å². The van der Waals surface area contributed by atoms with Crippen LogP contribution < -0.4 is 0 Å². The van der Waals surface area contributed by atoms with Crippen LogP contribution in [0.3, 0.4) is 0 Å². The lowest BCUT2D eigenvalue weighted by molar-refractivity contribution is -0.148. The number of carbonyl (C=O) groups is 2. The Morgan fingerprint density at radius 3 is 2.52 bits per heavy atom. The van der Waals surface area contributed by atoms with Crippen molar-refractivity contribution in [1.82, 2.24) is 4.90 Å². The number of benzene rings is 1. The number of nitrogens with zero attached hydrogens (tertiary/aromatic N) is 1. The van der Waals surface area contributed by atoms with Crippen LogP contribution in [0, 0.1) is 5.41 Å². The Hall–Kier alpha value is -2.04. The molecule has 0 aromatic heterocycles. The van der Waals surface area contributed by atoms with Crippen molar-refractivity contribution < 1.29 is 19.1 Å². The molecule has 126 valence electrons. The van der Waals surface area contributed by atoms with Gasteiger partial charge in [-0.3, -0.25) is 4.90 Å². The van der Waals surface area contributed by atoms with E-state index in [0.29, 0.717) is 19.6 Å². The van der Waals surface area contributed by atoms with E-state index < -0.39 is 12.1 Å². The highest BCUT2D eigenvalue weighted by Crippen LogP contribution is 2.38. The van der Waals surface area contributed by atoms with Gasteiger partial charge in [0.05, 0.1) is 6.61 Å². The third-order valence-electron chi connectivity index (χ3n) is 4.47. The predicted molar refractivity (Wildman–Crippen MR) is 86.8 cm³/mol. The number of ether oxygens (including phenoxy) is 2. The van der Waals surface area contributed by atoms with Gasteiger partial charge in [0, 0.05) is 6.54 Å². The first-order valence-corrected chi connectivity index (χ1v) is 8.13. The minimum absolute atomic E-state index is 0.0802. The number of hydrogen-bond donors (Lipinski definition) is 0. The van der Waals surface area contributed by atoms with Crippen LogP contribution in [0.15, 0.2) is 30.3 Å². The molecule has 2 unspecified atom stereocenters. The lowest BCUT2D eigenvalue weighted by Crippen LogP contribution is -2.41. The SMILES string of the molecule is CCOC(=O)C1CC(C)(CC)CN1C(=O)OCc1ccccc1. The summed E-state index contributed by atoms with van der Waals surface area (Å²) in [5, 5.41) is 0. The molecule has 0 spiro atoms. The molecule has 1 fully saturated rings. The first-order valence-electron chi connectivity index (χ1n) is 8.13. The molecule has 0 saturated carbocycles. The number of hydrogen-bond acceptors (Lipinski definition) is 4. The van der Waals surface area contributed by atoms with E-state index in [-0.39, 0.29) is 18.0 Å². The fourth-order valence-corrected chi connectivity index (χ4v) is 2.86. The van der Waals surface area contributed by atoms with E-state index in [1.165, 1.54) is 4.90 Å². The third kappa shape index (κ3) is 4.24. The van der Waals surface area contributed by atoms with Crippen LogP contribution in [0.5, 0.6) is 0 Å². The zero-order valence-corrected chi connectivity index (χ0v) is 14.1. The van der Waals surface area contributed by atoms with Gasteiger partial charge >= 0.3 is 12.1 Å². The maximum Gasteiger partial charge on any atom is 0.410 e. The van der Waals surface area contributed by atoms with E-state index in [9.17, 15) is 9.59 Å². The summed E-state index contributed by atoms with van der Waals surface area (Å²) in [6.45, 7) is 6.95. The summed E-state index contributed by atoms with van der Waals surface area (Å²) in [6.07, 6.45) is 1.05. The molecule has 1 aromatic rings. The number of amides is 1. The quantitative estimate of drug-likeness (QED) is 0.781. The first-order chi connectivity index (χ1) is 11.0. The van der Waals surface area contributed by atoms with Gasteiger partial charge in [-0.25, -0.2) is 9.59 Å². The molecule has 1 aliphatic rings. The Labute approximate surface area is 137 Å². The van der Waals surface area contributed by atoms with E-state index in [2.05, 4.69) is 13.8 Å². The zero-order chi connectivity index (χ0) is 16.9. The number of rotatable bonds is 5.